The summed E-state index contributed by atoms with van der Waals surface area (Å²) in [5, 5.41) is 7.23. The molecule has 1 unspecified atom stereocenters. The van der Waals surface area contributed by atoms with Crippen molar-refractivity contribution in [3.8, 4) is 5.75 Å². The van der Waals surface area contributed by atoms with Gasteiger partial charge in [0.1, 0.15) is 12.4 Å². The molecule has 104 valence electrons. The summed E-state index contributed by atoms with van der Waals surface area (Å²) in [6, 6.07) is 4.27. The first-order valence-electron chi connectivity index (χ1n) is 6.32. The van der Waals surface area contributed by atoms with Gasteiger partial charge in [-0.05, 0) is 44.9 Å². The summed E-state index contributed by atoms with van der Waals surface area (Å²) in [5.41, 5.74) is 5.52. The van der Waals surface area contributed by atoms with Crippen molar-refractivity contribution in [3.63, 3.8) is 0 Å². The van der Waals surface area contributed by atoms with E-state index in [0.29, 0.717) is 12.2 Å². The Balaban J connectivity index is 1.95. The van der Waals surface area contributed by atoms with Crippen molar-refractivity contribution in [2.75, 3.05) is 6.61 Å². The van der Waals surface area contributed by atoms with E-state index in [1.54, 1.807) is 6.07 Å². The van der Waals surface area contributed by atoms with E-state index in [1.165, 1.54) is 12.1 Å². The number of nitrogens with two attached hydrogens (primary N) is 1. The first-order valence-corrected chi connectivity index (χ1v) is 6.32. The van der Waals surface area contributed by atoms with Gasteiger partial charge in [0.25, 0.3) is 0 Å². The van der Waals surface area contributed by atoms with Gasteiger partial charge in [-0.3, -0.25) is 5.41 Å². The smallest absolute Gasteiger partial charge is 0.165 e. The van der Waals surface area contributed by atoms with Crippen molar-refractivity contribution in [1.82, 2.24) is 0 Å². The molecule has 19 heavy (non-hydrogen) atoms. The fraction of sp³-hybridized carbons (Fsp3) is 0.500. The zero-order chi connectivity index (χ0) is 14.0. The molecule has 1 aliphatic heterocycles. The van der Waals surface area contributed by atoms with Crippen LogP contribution in [0.15, 0.2) is 18.2 Å². The Morgan fingerprint density at radius 3 is 2.84 bits per heavy atom. The van der Waals surface area contributed by atoms with Gasteiger partial charge in [0.05, 0.1) is 11.7 Å². The van der Waals surface area contributed by atoms with E-state index < -0.39 is 5.82 Å². The minimum absolute atomic E-state index is 0.00174. The highest BCUT2D eigenvalue weighted by atomic mass is 19.1. The van der Waals surface area contributed by atoms with Gasteiger partial charge >= 0.3 is 0 Å². The van der Waals surface area contributed by atoms with Gasteiger partial charge in [-0.25, -0.2) is 4.39 Å². The van der Waals surface area contributed by atoms with E-state index in [9.17, 15) is 4.39 Å². The van der Waals surface area contributed by atoms with Crippen LogP contribution in [0.5, 0.6) is 5.75 Å². The number of nitrogen functional groups attached to an aromatic ring is 1. The van der Waals surface area contributed by atoms with Crippen LogP contribution in [-0.2, 0) is 4.74 Å². The van der Waals surface area contributed by atoms with Crippen LogP contribution in [0.25, 0.3) is 0 Å². The average Bonchev–Trinajstić information content (AvgIpc) is 2.67. The SMILES string of the molecule is CC1(C)CCC(COc2ccc(C(=N)N)cc2F)O1. The predicted molar refractivity (Wildman–Crippen MR) is 71.1 cm³/mol. The first-order chi connectivity index (χ1) is 8.87. The summed E-state index contributed by atoms with van der Waals surface area (Å²) in [6.45, 7) is 4.41. The lowest BCUT2D eigenvalue weighted by atomic mass is 10.1. The zero-order valence-electron chi connectivity index (χ0n) is 11.2. The molecule has 1 saturated heterocycles. The Labute approximate surface area is 112 Å². The fourth-order valence-electron chi connectivity index (χ4n) is 2.16. The van der Waals surface area contributed by atoms with Crippen molar-refractivity contribution >= 4 is 5.84 Å². The summed E-state index contributed by atoms with van der Waals surface area (Å²) < 4.78 is 24.9. The number of nitrogens with one attached hydrogen (secondary N) is 1. The minimum Gasteiger partial charge on any atom is -0.488 e. The Bertz CT molecular complexity index is 488. The largest absolute Gasteiger partial charge is 0.488 e. The molecule has 1 heterocycles. The molecular weight excluding hydrogens is 247 g/mol. The summed E-state index contributed by atoms with van der Waals surface area (Å²) in [6.07, 6.45) is 1.90. The quantitative estimate of drug-likeness (QED) is 0.649. The predicted octanol–water partition coefficient (Wildman–Crippen LogP) is 2.45. The molecule has 1 atom stereocenters. The highest BCUT2D eigenvalue weighted by molar-refractivity contribution is 5.95. The number of rotatable bonds is 4. The highest BCUT2D eigenvalue weighted by Crippen LogP contribution is 2.30. The van der Waals surface area contributed by atoms with E-state index in [1.807, 2.05) is 13.8 Å². The van der Waals surface area contributed by atoms with Gasteiger partial charge in [0, 0.05) is 5.56 Å². The van der Waals surface area contributed by atoms with Crippen LogP contribution >= 0.6 is 0 Å². The van der Waals surface area contributed by atoms with E-state index in [-0.39, 0.29) is 23.3 Å². The van der Waals surface area contributed by atoms with Gasteiger partial charge in [0.15, 0.2) is 11.6 Å². The normalized spacial score (nSPS) is 21.3. The molecule has 1 aromatic rings. The maximum atomic E-state index is 13.7. The van der Waals surface area contributed by atoms with Gasteiger partial charge in [-0.15, -0.1) is 0 Å². The van der Waals surface area contributed by atoms with Crippen LogP contribution in [0.4, 0.5) is 4.39 Å². The van der Waals surface area contributed by atoms with Crippen molar-refractivity contribution < 1.29 is 13.9 Å². The number of hydrogen-bond acceptors (Lipinski definition) is 3. The monoisotopic (exact) mass is 266 g/mol. The molecule has 4 nitrogen and oxygen atoms in total. The summed E-state index contributed by atoms with van der Waals surface area (Å²) in [4.78, 5) is 0. The molecule has 0 bridgehead atoms. The van der Waals surface area contributed by atoms with E-state index in [4.69, 9.17) is 20.6 Å². The Hall–Kier alpha value is -1.62. The third-order valence-corrected chi connectivity index (χ3v) is 3.22. The summed E-state index contributed by atoms with van der Waals surface area (Å²) in [5.74, 6) is -0.505. The number of amidine groups is 1. The van der Waals surface area contributed by atoms with Crippen LogP contribution in [0.1, 0.15) is 32.3 Å². The van der Waals surface area contributed by atoms with Crippen LogP contribution in [-0.4, -0.2) is 24.1 Å². The maximum Gasteiger partial charge on any atom is 0.165 e. The van der Waals surface area contributed by atoms with E-state index >= 15 is 0 Å². The molecule has 0 amide bonds. The molecular formula is C14H19FN2O2. The zero-order valence-corrected chi connectivity index (χ0v) is 11.2. The van der Waals surface area contributed by atoms with Crippen molar-refractivity contribution in [2.45, 2.75) is 38.4 Å². The highest BCUT2D eigenvalue weighted by Gasteiger charge is 2.32. The third kappa shape index (κ3) is 3.44. The lowest BCUT2D eigenvalue weighted by Gasteiger charge is -2.19. The second kappa shape index (κ2) is 5.17. The molecule has 1 aromatic carbocycles. The molecule has 0 aromatic heterocycles. The second-order valence-electron chi connectivity index (χ2n) is 5.41. The molecule has 3 N–H and O–H groups in total. The Kier molecular flexibility index (Phi) is 3.75. The number of benzene rings is 1. The Morgan fingerprint density at radius 1 is 1.58 bits per heavy atom. The molecule has 0 radical (unpaired) electrons. The molecule has 1 fully saturated rings. The minimum atomic E-state index is -0.509. The van der Waals surface area contributed by atoms with Crippen LogP contribution < -0.4 is 10.5 Å². The van der Waals surface area contributed by atoms with Gasteiger partial charge in [-0.2, -0.15) is 0 Å². The molecule has 0 saturated carbocycles. The Morgan fingerprint density at radius 2 is 2.32 bits per heavy atom. The maximum absolute atomic E-state index is 13.7. The number of halogens is 1. The van der Waals surface area contributed by atoms with Gasteiger partial charge in [0.2, 0.25) is 0 Å². The molecule has 0 spiro atoms. The topological polar surface area (TPSA) is 68.3 Å². The van der Waals surface area contributed by atoms with Gasteiger partial charge in [-0.1, -0.05) is 0 Å². The van der Waals surface area contributed by atoms with E-state index in [0.717, 1.165) is 12.8 Å². The molecule has 2 rings (SSSR count). The van der Waals surface area contributed by atoms with Crippen LogP contribution in [0.2, 0.25) is 0 Å². The third-order valence-electron chi connectivity index (χ3n) is 3.22. The molecule has 1 aliphatic rings. The van der Waals surface area contributed by atoms with Crippen molar-refractivity contribution in [2.24, 2.45) is 5.73 Å². The lowest BCUT2D eigenvalue weighted by Crippen LogP contribution is -2.24. The van der Waals surface area contributed by atoms with Crippen molar-refractivity contribution in [3.05, 3.63) is 29.6 Å². The molecule has 5 heteroatoms. The fourth-order valence-corrected chi connectivity index (χ4v) is 2.16. The number of ether oxygens (including phenoxy) is 2. The average molecular weight is 266 g/mol. The van der Waals surface area contributed by atoms with E-state index in [2.05, 4.69) is 0 Å². The molecule has 0 aliphatic carbocycles. The summed E-state index contributed by atoms with van der Waals surface area (Å²) in [7, 11) is 0. The first kappa shape index (κ1) is 13.8. The second-order valence-corrected chi connectivity index (χ2v) is 5.41. The number of hydrogen-bond donors (Lipinski definition) is 2. The standard InChI is InChI=1S/C14H19FN2O2/c1-14(2)6-5-10(19-14)8-18-12-4-3-9(13(16)17)7-11(12)15/h3-4,7,10H,5-6,8H2,1-2H3,(H3,16,17). The lowest BCUT2D eigenvalue weighted by molar-refractivity contribution is -0.0330. The summed E-state index contributed by atoms with van der Waals surface area (Å²) >= 11 is 0. The van der Waals surface area contributed by atoms with Crippen LogP contribution in [0, 0.1) is 11.2 Å². The van der Waals surface area contributed by atoms with Crippen molar-refractivity contribution in [1.29, 1.82) is 5.41 Å². The van der Waals surface area contributed by atoms with Gasteiger partial charge < -0.3 is 15.2 Å². The van der Waals surface area contributed by atoms with Crippen LogP contribution in [0.3, 0.4) is 0 Å².